The van der Waals surface area contributed by atoms with Crippen molar-refractivity contribution in [3.63, 3.8) is 0 Å². The largest absolute Gasteiger partial charge is 0.368 e. The number of fused-ring (bicyclic) bond motifs is 1. The molecule has 74 valence electrons. The minimum absolute atomic E-state index is 0.278. The first kappa shape index (κ1) is 9.24. The summed E-state index contributed by atoms with van der Waals surface area (Å²) in [5.41, 5.74) is 3.13. The molecular weight excluding hydrogens is 178 g/mol. The summed E-state index contributed by atoms with van der Waals surface area (Å²) in [6, 6.07) is 7.87. The van der Waals surface area contributed by atoms with E-state index >= 15 is 0 Å². The lowest BCUT2D eigenvalue weighted by molar-refractivity contribution is -0.0381. The summed E-state index contributed by atoms with van der Waals surface area (Å²) in [5.74, 6) is 0. The molecule has 0 amide bonds. The second-order valence-electron chi connectivity index (χ2n) is 3.56. The van der Waals surface area contributed by atoms with Crippen molar-refractivity contribution in [1.29, 1.82) is 0 Å². The van der Waals surface area contributed by atoms with Crippen LogP contribution in [-0.2, 0) is 6.42 Å². The van der Waals surface area contributed by atoms with Crippen molar-refractivity contribution < 1.29 is 10.2 Å². The number of hydrogen-bond acceptors (Lipinski definition) is 2. The van der Waals surface area contributed by atoms with Gasteiger partial charge in [0.1, 0.15) is 0 Å². The average molecular weight is 191 g/mol. The number of benzene rings is 1. The molecule has 0 radical (unpaired) electrons. The van der Waals surface area contributed by atoms with Crippen molar-refractivity contribution in [2.45, 2.75) is 19.6 Å². The Balaban J connectivity index is 2.40. The first-order valence-electron chi connectivity index (χ1n) is 4.59. The maximum Gasteiger partial charge on any atom is 0.155 e. The fourth-order valence-corrected chi connectivity index (χ4v) is 1.66. The van der Waals surface area contributed by atoms with E-state index in [2.05, 4.69) is 4.98 Å². The Labute approximate surface area is 82.0 Å². The third kappa shape index (κ3) is 1.78. The lowest BCUT2D eigenvalue weighted by Crippen LogP contribution is -2.07. The number of aryl methyl sites for hydroxylation is 1. The minimum atomic E-state index is -1.27. The molecule has 0 saturated carbocycles. The van der Waals surface area contributed by atoms with Gasteiger partial charge < -0.3 is 15.2 Å². The molecule has 2 rings (SSSR count). The summed E-state index contributed by atoms with van der Waals surface area (Å²) in [5, 5.41) is 18.8. The van der Waals surface area contributed by atoms with Gasteiger partial charge in [-0.05, 0) is 36.1 Å². The van der Waals surface area contributed by atoms with E-state index in [0.29, 0.717) is 0 Å². The number of aromatic amines is 1. The Kier molecular flexibility index (Phi) is 2.27. The van der Waals surface area contributed by atoms with Crippen LogP contribution < -0.4 is 0 Å². The van der Waals surface area contributed by atoms with E-state index in [-0.39, 0.29) is 6.42 Å². The van der Waals surface area contributed by atoms with Gasteiger partial charge in [-0.25, -0.2) is 0 Å². The van der Waals surface area contributed by atoms with Gasteiger partial charge in [-0.15, -0.1) is 0 Å². The van der Waals surface area contributed by atoms with Gasteiger partial charge in [0, 0.05) is 17.6 Å². The van der Waals surface area contributed by atoms with E-state index in [4.69, 9.17) is 10.2 Å². The SMILES string of the molecule is Cc1cc2cc(CC(O)O)ccc2[nH]1. The fourth-order valence-electron chi connectivity index (χ4n) is 1.66. The van der Waals surface area contributed by atoms with Crippen LogP contribution in [0, 0.1) is 6.92 Å². The van der Waals surface area contributed by atoms with E-state index < -0.39 is 6.29 Å². The molecule has 3 nitrogen and oxygen atoms in total. The van der Waals surface area contributed by atoms with Crippen molar-refractivity contribution in [2.24, 2.45) is 0 Å². The van der Waals surface area contributed by atoms with Crippen LogP contribution in [0.2, 0.25) is 0 Å². The first-order valence-corrected chi connectivity index (χ1v) is 4.59. The first-order chi connectivity index (χ1) is 6.65. The lowest BCUT2D eigenvalue weighted by Gasteiger charge is -2.02. The van der Waals surface area contributed by atoms with Crippen LogP contribution >= 0.6 is 0 Å². The quantitative estimate of drug-likeness (QED) is 0.627. The molecule has 3 N–H and O–H groups in total. The molecule has 14 heavy (non-hydrogen) atoms. The Bertz CT molecular complexity index is 445. The van der Waals surface area contributed by atoms with E-state index in [1.807, 2.05) is 31.2 Å². The zero-order chi connectivity index (χ0) is 10.1. The van der Waals surface area contributed by atoms with Gasteiger partial charge in [0.05, 0.1) is 0 Å². The summed E-state index contributed by atoms with van der Waals surface area (Å²) in [6.07, 6.45) is -0.993. The Morgan fingerprint density at radius 2 is 2.07 bits per heavy atom. The van der Waals surface area contributed by atoms with E-state index in [0.717, 1.165) is 22.2 Å². The summed E-state index contributed by atoms with van der Waals surface area (Å²) in [4.78, 5) is 3.21. The molecule has 1 aromatic heterocycles. The standard InChI is InChI=1S/C11H13NO2/c1-7-4-9-5-8(6-11(13)14)2-3-10(9)12-7/h2-5,11-14H,6H2,1H3. The number of rotatable bonds is 2. The molecule has 0 saturated heterocycles. The molecule has 0 aliphatic heterocycles. The smallest absolute Gasteiger partial charge is 0.155 e. The summed E-state index contributed by atoms with van der Waals surface area (Å²) in [6.45, 7) is 2.00. The van der Waals surface area contributed by atoms with Crippen LogP contribution in [0.4, 0.5) is 0 Å². The van der Waals surface area contributed by atoms with Crippen molar-refractivity contribution in [3.05, 3.63) is 35.5 Å². The highest BCUT2D eigenvalue weighted by molar-refractivity contribution is 5.81. The monoisotopic (exact) mass is 191 g/mol. The second-order valence-corrected chi connectivity index (χ2v) is 3.56. The molecule has 0 unspecified atom stereocenters. The molecule has 1 aromatic carbocycles. The van der Waals surface area contributed by atoms with Crippen LogP contribution in [0.15, 0.2) is 24.3 Å². The molecular formula is C11H13NO2. The summed E-state index contributed by atoms with van der Waals surface area (Å²) in [7, 11) is 0. The van der Waals surface area contributed by atoms with Gasteiger partial charge in [-0.1, -0.05) is 6.07 Å². The maximum absolute atomic E-state index is 8.83. The van der Waals surface area contributed by atoms with Gasteiger partial charge in [0.25, 0.3) is 0 Å². The number of nitrogens with one attached hydrogen (secondary N) is 1. The highest BCUT2D eigenvalue weighted by Crippen LogP contribution is 2.17. The van der Waals surface area contributed by atoms with Crippen molar-refractivity contribution in [3.8, 4) is 0 Å². The predicted molar refractivity (Wildman–Crippen MR) is 55.0 cm³/mol. The van der Waals surface area contributed by atoms with Crippen LogP contribution in [0.25, 0.3) is 10.9 Å². The molecule has 0 fully saturated rings. The average Bonchev–Trinajstić information content (AvgIpc) is 2.42. The molecule has 0 aliphatic rings. The third-order valence-electron chi connectivity index (χ3n) is 2.24. The highest BCUT2D eigenvalue weighted by atomic mass is 16.5. The number of aliphatic hydroxyl groups is 2. The normalized spacial score (nSPS) is 11.4. The van der Waals surface area contributed by atoms with Crippen LogP contribution in [0.3, 0.4) is 0 Å². The van der Waals surface area contributed by atoms with Crippen LogP contribution in [0.5, 0.6) is 0 Å². The second kappa shape index (κ2) is 3.44. The molecule has 0 spiro atoms. The Hall–Kier alpha value is -1.32. The third-order valence-corrected chi connectivity index (χ3v) is 2.24. The molecule has 2 aromatic rings. The van der Waals surface area contributed by atoms with Crippen molar-refractivity contribution >= 4 is 10.9 Å². The molecule has 0 bridgehead atoms. The van der Waals surface area contributed by atoms with Gasteiger partial charge in [-0.3, -0.25) is 0 Å². The van der Waals surface area contributed by atoms with Crippen molar-refractivity contribution in [1.82, 2.24) is 4.98 Å². The Morgan fingerprint density at radius 3 is 2.79 bits per heavy atom. The lowest BCUT2D eigenvalue weighted by atomic mass is 10.1. The minimum Gasteiger partial charge on any atom is -0.368 e. The number of aromatic nitrogens is 1. The highest BCUT2D eigenvalue weighted by Gasteiger charge is 2.02. The summed E-state index contributed by atoms with van der Waals surface area (Å²) >= 11 is 0. The van der Waals surface area contributed by atoms with Gasteiger partial charge in [-0.2, -0.15) is 0 Å². The topological polar surface area (TPSA) is 56.2 Å². The predicted octanol–water partition coefficient (Wildman–Crippen LogP) is 1.33. The molecule has 3 heteroatoms. The zero-order valence-electron chi connectivity index (χ0n) is 7.99. The van der Waals surface area contributed by atoms with Crippen LogP contribution in [-0.4, -0.2) is 21.5 Å². The van der Waals surface area contributed by atoms with Gasteiger partial charge in [0.15, 0.2) is 6.29 Å². The number of hydrogen-bond donors (Lipinski definition) is 3. The number of H-pyrrole nitrogens is 1. The van der Waals surface area contributed by atoms with E-state index in [9.17, 15) is 0 Å². The molecule has 0 aliphatic carbocycles. The van der Waals surface area contributed by atoms with Gasteiger partial charge >= 0.3 is 0 Å². The van der Waals surface area contributed by atoms with E-state index in [1.54, 1.807) is 0 Å². The fraction of sp³-hybridized carbons (Fsp3) is 0.273. The molecule has 0 atom stereocenters. The zero-order valence-corrected chi connectivity index (χ0v) is 7.99. The summed E-state index contributed by atoms with van der Waals surface area (Å²) < 4.78 is 0. The van der Waals surface area contributed by atoms with Crippen LogP contribution in [0.1, 0.15) is 11.3 Å². The number of aliphatic hydroxyl groups excluding tert-OH is 1. The van der Waals surface area contributed by atoms with E-state index in [1.165, 1.54) is 0 Å². The van der Waals surface area contributed by atoms with Crippen molar-refractivity contribution in [2.75, 3.05) is 0 Å². The Morgan fingerprint density at radius 1 is 1.29 bits per heavy atom. The maximum atomic E-state index is 8.83. The van der Waals surface area contributed by atoms with Gasteiger partial charge in [0.2, 0.25) is 0 Å². The molecule has 1 heterocycles.